The van der Waals surface area contributed by atoms with E-state index in [1.807, 2.05) is 47.6 Å². The number of carbonyl (C=O) groups excluding carboxylic acids is 6. The van der Waals surface area contributed by atoms with E-state index in [1.54, 1.807) is 83.4 Å². The summed E-state index contributed by atoms with van der Waals surface area (Å²) in [6, 6.07) is 23.9. The Kier molecular flexibility index (Phi) is 24.2. The fourth-order valence-electron chi connectivity index (χ4n) is 11.9. The summed E-state index contributed by atoms with van der Waals surface area (Å²) in [5.74, 6) is -3.54. The van der Waals surface area contributed by atoms with Crippen LogP contribution in [0.4, 0.5) is 11.6 Å². The topological polar surface area (TPSA) is 423 Å². The summed E-state index contributed by atoms with van der Waals surface area (Å²) in [7, 11) is -4.70. The van der Waals surface area contributed by atoms with Crippen LogP contribution >= 0.6 is 7.82 Å². The molecule has 8 heterocycles. The van der Waals surface area contributed by atoms with Crippen molar-refractivity contribution in [1.29, 1.82) is 0 Å². The number of aromatic amines is 1. The third-order valence-electron chi connectivity index (χ3n) is 17.9. The zero-order valence-electron chi connectivity index (χ0n) is 58.3. The van der Waals surface area contributed by atoms with Crippen LogP contribution in [0.5, 0.6) is 0 Å². The van der Waals surface area contributed by atoms with Crippen LogP contribution in [0.2, 0.25) is 0 Å². The van der Waals surface area contributed by atoms with Crippen molar-refractivity contribution in [3.8, 4) is 0 Å². The normalized spacial score (nSPS) is 20.2. The predicted octanol–water partition coefficient (Wildman–Crippen LogP) is 6.70. The number of phosphoric acid groups is 1. The van der Waals surface area contributed by atoms with Crippen LogP contribution in [0, 0.1) is 55.0 Å². The van der Waals surface area contributed by atoms with Crippen molar-refractivity contribution < 1.29 is 90.3 Å². The van der Waals surface area contributed by atoms with Crippen molar-refractivity contribution in [1.82, 2.24) is 48.6 Å². The minimum absolute atomic E-state index is 0.0625. The summed E-state index contributed by atoms with van der Waals surface area (Å²) >= 11 is 0. The van der Waals surface area contributed by atoms with E-state index >= 15 is 0 Å². The molecule has 0 spiro atoms. The lowest BCUT2D eigenvalue weighted by Gasteiger charge is -2.25. The number of benzene rings is 4. The van der Waals surface area contributed by atoms with E-state index in [0.29, 0.717) is 27.9 Å². The van der Waals surface area contributed by atoms with Gasteiger partial charge in [0.2, 0.25) is 6.54 Å². The Morgan fingerprint density at radius 3 is 1.47 bits per heavy atom. The first kappa shape index (κ1) is 76.0. The van der Waals surface area contributed by atoms with Crippen LogP contribution in [0.1, 0.15) is 118 Å². The number of anilines is 2. The summed E-state index contributed by atoms with van der Waals surface area (Å²) in [5, 5.41) is 25.5. The molecule has 12 rings (SSSR count). The second kappa shape index (κ2) is 33.8. The van der Waals surface area contributed by atoms with Gasteiger partial charge in [-0.15, -0.1) is 0 Å². The number of rotatable bonds is 25. The summed E-state index contributed by atoms with van der Waals surface area (Å²) < 4.78 is 75.8. The Morgan fingerprint density at radius 1 is 0.575 bits per heavy atom. The number of nitrogens with one attached hydrogen (secondary N) is 3. The van der Waals surface area contributed by atoms with E-state index < -0.39 is 144 Å². The molecule has 0 aliphatic carbocycles. The van der Waals surface area contributed by atoms with Crippen LogP contribution in [-0.4, -0.2) is 177 Å². The Labute approximate surface area is 603 Å². The number of ether oxygens (including phenoxy) is 7. The quantitative estimate of drug-likeness (QED) is 0.0131. The highest BCUT2D eigenvalue weighted by Crippen LogP contribution is 2.54. The zero-order chi connectivity index (χ0) is 75.5. The molecule has 0 radical (unpaired) electrons. The van der Waals surface area contributed by atoms with Gasteiger partial charge in [0, 0.05) is 42.1 Å². The molecule has 3 aliphatic rings. The smallest absolute Gasteiger partial charge is 0.457 e. The first-order chi connectivity index (χ1) is 50.9. The van der Waals surface area contributed by atoms with Gasteiger partial charge in [-0.05, 0) is 130 Å². The van der Waals surface area contributed by atoms with Crippen LogP contribution in [0.15, 0.2) is 126 Å². The van der Waals surface area contributed by atoms with Gasteiger partial charge < -0.3 is 58.8 Å². The van der Waals surface area contributed by atoms with Gasteiger partial charge in [-0.3, -0.25) is 46.6 Å². The van der Waals surface area contributed by atoms with Gasteiger partial charge in [-0.2, -0.15) is 0 Å². The molecule has 4 aromatic carbocycles. The van der Waals surface area contributed by atoms with Crippen LogP contribution in [-0.2, 0) is 60.9 Å². The minimum Gasteiger partial charge on any atom is -0.457 e. The number of H-pyrrole nitrogens is 1. The second-order valence-electron chi connectivity index (χ2n) is 25.0. The molecule has 10 atom stereocenters. The lowest BCUT2D eigenvalue weighted by molar-refractivity contribution is -0.157. The van der Waals surface area contributed by atoms with Gasteiger partial charge in [0.05, 0.1) is 43.6 Å². The Bertz CT molecular complexity index is 4940. The Hall–Kier alpha value is -11.1. The first-order valence-electron chi connectivity index (χ1n) is 33.3. The lowest BCUT2D eigenvalue weighted by atomic mass is 10.0. The van der Waals surface area contributed by atoms with Crippen molar-refractivity contribution >= 4 is 77.5 Å². The van der Waals surface area contributed by atoms with Gasteiger partial charge in [0.1, 0.15) is 74.6 Å². The minimum atomic E-state index is -4.70. The number of amides is 2. The molecule has 106 heavy (non-hydrogen) atoms. The average molecular weight is 1480 g/mol. The highest BCUT2D eigenvalue weighted by Gasteiger charge is 2.47. The number of carbonyl (C=O) groups is 6. The maximum Gasteiger partial charge on any atom is 0.475 e. The fourth-order valence-corrected chi connectivity index (χ4v) is 13.2. The van der Waals surface area contributed by atoms with Crippen molar-refractivity contribution in [2.45, 2.75) is 123 Å². The molecule has 35 heteroatoms. The maximum atomic E-state index is 14.4. The number of hydrogen-bond donors (Lipinski definition) is 5. The van der Waals surface area contributed by atoms with Gasteiger partial charge >= 0.3 is 37.4 Å². The number of fused-ring (bicyclic) bond motifs is 2. The van der Waals surface area contributed by atoms with Crippen LogP contribution in [0.25, 0.3) is 27.2 Å². The van der Waals surface area contributed by atoms with E-state index in [1.165, 1.54) is 43.0 Å². The molecule has 0 saturated carbocycles. The molecular weight excluding hydrogens is 1400 g/mol. The average Bonchev–Trinajstić information content (AvgIpc) is 1.64. The molecule has 10 unspecified atom stereocenters. The molecule has 3 aliphatic heterocycles. The number of aliphatic hydroxyl groups is 2. The maximum absolute atomic E-state index is 14.4. The lowest BCUT2D eigenvalue weighted by Crippen LogP contribution is -2.33. The number of aromatic nitrogens is 10. The summed E-state index contributed by atoms with van der Waals surface area (Å²) in [6.07, 6.45) is -2.39. The van der Waals surface area contributed by atoms with E-state index in [4.69, 9.17) is 53.3 Å². The third kappa shape index (κ3) is 17.8. The summed E-state index contributed by atoms with van der Waals surface area (Å²) in [6.45, 7) is 16.4. The van der Waals surface area contributed by atoms with Gasteiger partial charge in [-0.1, -0.05) is 36.4 Å². The summed E-state index contributed by atoms with van der Waals surface area (Å²) in [5.41, 5.74) is 7.15. The van der Waals surface area contributed by atoms with Crippen LogP contribution < -0.4 is 21.9 Å². The molecule has 5 aromatic heterocycles. The van der Waals surface area contributed by atoms with Gasteiger partial charge in [0.25, 0.3) is 17.4 Å². The van der Waals surface area contributed by atoms with E-state index in [-0.39, 0.29) is 65.6 Å². The number of nitrogens with zero attached hydrogens (tertiary/aromatic N) is 10. The van der Waals surface area contributed by atoms with E-state index in [0.717, 1.165) is 37.9 Å². The molecule has 34 nitrogen and oxygen atoms in total. The standard InChI is InChI=1S/C42H45N8O14P.C29H29N5O7/c1-23-13-28(14-24(2)26(23)4)41(55)58-20-35(52)63-29-15-34(50-22-46-36-37(44-21-45-38(36)50)47-40(54)27-9-7-6-8-10-27)62-32(29)19-60-65(57,59-12-11-43-5)64-30-16-33(61-31(30)18-51)49-17-25(3)39(53)48-42(49)56;1-16-9-20(10-17(2)18(16)3)29(38)39-13-24(36)41-21-11-23(40-22(21)12-35)34-15-32-25-26(30-14-31-27(25)34)33-28(37)19-7-5-4-6-8-19/h6-10,13-14,17,21-22,29-34,51H,11-12,15-16,18-20H2,1-4H3,(H,48,53,56)(H,44,45,47,54);4-10,14-15,21-23,35H,11-13H2,1-3H3,(H,30,31,33,37). The molecule has 3 fully saturated rings. The first-order valence-corrected chi connectivity index (χ1v) is 34.8. The Balaban J connectivity index is 0.000000234. The zero-order valence-corrected chi connectivity index (χ0v) is 59.2. The van der Waals surface area contributed by atoms with Gasteiger partial charge in [-0.25, -0.2) is 65.0 Å². The second-order valence-corrected chi connectivity index (χ2v) is 26.6. The van der Waals surface area contributed by atoms with E-state index in [9.17, 15) is 53.1 Å². The highest BCUT2D eigenvalue weighted by atomic mass is 31.2. The number of aliphatic hydroxyl groups excluding tert-OH is 2. The van der Waals surface area contributed by atoms with Gasteiger partial charge in [0.15, 0.2) is 47.2 Å². The molecule has 9 aromatic rings. The van der Waals surface area contributed by atoms with Crippen LogP contribution in [0.3, 0.4) is 0 Å². The fraction of sp³-hybridized carbons (Fsp3) is 0.366. The molecule has 2 amide bonds. The molecule has 5 N–H and O–H groups in total. The summed E-state index contributed by atoms with van der Waals surface area (Å²) in [4.78, 5) is 133. The predicted molar refractivity (Wildman–Crippen MR) is 373 cm³/mol. The SMILES string of the molecule is Cc1cc(C(=O)OCC(=O)OC2CC(n3cnc4c(NC(=O)c5ccccc5)ncnc43)OC2CO)cc(C)c1C.[C-]#[N+]CCOP(=O)(OCC1OC(n2cnc3c(NC(=O)c4ccccc4)ncnc32)CC1OC(=O)COC(=O)c1cc(C)c(C)c(C)c1)OC1CC(n2cc(C)c(=O)[nH]c2=O)OC1CO. The molecule has 0 bridgehead atoms. The van der Waals surface area contributed by atoms with E-state index in [2.05, 4.69) is 50.4 Å². The number of phosphoric ester groups is 1. The number of imidazole rings is 2. The number of esters is 4. The molecule has 554 valence electrons. The number of hydrogen-bond acceptors (Lipinski definition) is 27. The largest absolute Gasteiger partial charge is 0.475 e. The van der Waals surface area contributed by atoms with Crippen molar-refractivity contribution in [2.24, 2.45) is 0 Å². The van der Waals surface area contributed by atoms with Crippen molar-refractivity contribution in [2.75, 3.05) is 56.8 Å². The highest BCUT2D eigenvalue weighted by molar-refractivity contribution is 7.48. The molecular formula is C71H74N13O21P. The van der Waals surface area contributed by atoms with Crippen molar-refractivity contribution in [3.05, 3.63) is 210 Å². The monoisotopic (exact) mass is 1480 g/mol. The molecule has 3 saturated heterocycles. The number of aryl methyl sites for hydroxylation is 5. The third-order valence-corrected chi connectivity index (χ3v) is 19.4. The van der Waals surface area contributed by atoms with Crippen molar-refractivity contribution in [3.63, 3.8) is 0 Å². The Morgan fingerprint density at radius 2 is 1.01 bits per heavy atom.